The molecule has 1 aromatic heterocycles. The Morgan fingerprint density at radius 1 is 0.844 bits per heavy atom. The van der Waals surface area contributed by atoms with Crippen molar-refractivity contribution < 1.29 is 18.4 Å². The average molecular weight is 623 g/mol. The molecule has 3 N–H and O–H groups in total. The second-order valence-electron chi connectivity index (χ2n) is 14.4. The third-order valence-corrected chi connectivity index (χ3v) is 9.08. The van der Waals surface area contributed by atoms with E-state index in [0.29, 0.717) is 56.0 Å². The third kappa shape index (κ3) is 10.1. The van der Waals surface area contributed by atoms with Crippen molar-refractivity contribution in [3.8, 4) is 0 Å². The molecule has 0 aliphatic heterocycles. The number of carbonyl (C=O) groups is 2. The zero-order valence-electron chi connectivity index (χ0n) is 27.8. The van der Waals surface area contributed by atoms with E-state index in [1.54, 1.807) is 13.8 Å². The smallest absolute Gasteiger partial charge is 0.134 e. The molecule has 2 fully saturated rings. The lowest BCUT2D eigenvalue weighted by Crippen LogP contribution is -2.24. The lowest BCUT2D eigenvalue weighted by atomic mass is 9.87. The monoisotopic (exact) mass is 622 g/mol. The molecule has 8 heteroatoms. The molecule has 2 saturated carbocycles. The fourth-order valence-corrected chi connectivity index (χ4v) is 6.64. The highest BCUT2D eigenvalue weighted by molar-refractivity contribution is 5.82. The topological polar surface area (TPSA) is 90.0 Å². The summed E-state index contributed by atoms with van der Waals surface area (Å²) in [6.07, 6.45) is 6.16. The molecule has 5 rings (SSSR count). The van der Waals surface area contributed by atoms with Gasteiger partial charge in [-0.15, -0.1) is 0 Å². The van der Waals surface area contributed by atoms with E-state index >= 15 is 0 Å². The number of fused-ring (bicyclic) bond motifs is 1. The molecule has 3 aromatic rings. The normalized spacial score (nSPS) is 22.0. The Kier molecular flexibility index (Phi) is 11.8. The van der Waals surface area contributed by atoms with E-state index in [4.69, 9.17) is 10.7 Å². The van der Waals surface area contributed by atoms with Gasteiger partial charge in [-0.25, -0.2) is 13.8 Å². The van der Waals surface area contributed by atoms with Crippen molar-refractivity contribution in [3.63, 3.8) is 0 Å². The maximum Gasteiger partial charge on any atom is 0.134 e. The van der Waals surface area contributed by atoms with Gasteiger partial charge in [-0.3, -0.25) is 9.59 Å². The Morgan fingerprint density at radius 2 is 1.38 bits per heavy atom. The van der Waals surface area contributed by atoms with Crippen molar-refractivity contribution in [1.82, 2.24) is 9.55 Å². The minimum absolute atomic E-state index is 0.0585. The van der Waals surface area contributed by atoms with Crippen LogP contribution in [-0.2, 0) is 34.4 Å². The molecule has 0 atom stereocenters. The molecule has 0 bridgehead atoms. The van der Waals surface area contributed by atoms with Crippen LogP contribution in [0.4, 0.5) is 20.2 Å². The van der Waals surface area contributed by atoms with Gasteiger partial charge in [0.25, 0.3) is 0 Å². The van der Waals surface area contributed by atoms with Gasteiger partial charge in [0.2, 0.25) is 0 Å². The van der Waals surface area contributed by atoms with Gasteiger partial charge < -0.3 is 15.6 Å². The number of benzene rings is 2. The van der Waals surface area contributed by atoms with Gasteiger partial charge in [-0.1, -0.05) is 32.9 Å². The summed E-state index contributed by atoms with van der Waals surface area (Å²) < 4.78 is 28.9. The third-order valence-electron chi connectivity index (χ3n) is 9.08. The summed E-state index contributed by atoms with van der Waals surface area (Å²) in [5, 5.41) is 3.35. The van der Waals surface area contributed by atoms with E-state index in [9.17, 15) is 18.4 Å². The molecular weight excluding hydrogens is 570 g/mol. The Morgan fingerprint density at radius 3 is 1.91 bits per heavy atom. The second-order valence-corrected chi connectivity index (χ2v) is 14.4. The van der Waals surface area contributed by atoms with E-state index in [-0.39, 0.29) is 17.0 Å². The first kappa shape index (κ1) is 34.6. The molecule has 0 radical (unpaired) electrons. The summed E-state index contributed by atoms with van der Waals surface area (Å²) in [6.45, 7) is 11.5. The lowest BCUT2D eigenvalue weighted by molar-refractivity contribution is -0.117. The summed E-state index contributed by atoms with van der Waals surface area (Å²) in [4.78, 5) is 27.4. The number of carbonyl (C=O) groups excluding carboxylic acids is 2. The van der Waals surface area contributed by atoms with E-state index < -0.39 is 12.3 Å². The molecule has 6 nitrogen and oxygen atoms in total. The maximum absolute atomic E-state index is 13.5. The molecule has 0 unspecified atom stereocenters. The van der Waals surface area contributed by atoms with E-state index in [1.165, 1.54) is 0 Å². The van der Waals surface area contributed by atoms with Crippen molar-refractivity contribution in [3.05, 3.63) is 53.3 Å². The first-order valence-corrected chi connectivity index (χ1v) is 16.7. The number of hydrogen-bond acceptors (Lipinski definition) is 5. The van der Waals surface area contributed by atoms with Crippen LogP contribution in [0.15, 0.2) is 36.4 Å². The number of nitrogens with one attached hydrogen (secondary N) is 1. The van der Waals surface area contributed by atoms with Crippen molar-refractivity contribution in [1.29, 1.82) is 0 Å². The SMILES string of the molecule is CC(=O)Cc1ccc(NCC2CCC(F)CC2)c(N)c1.CC(=O)Cc1ccc2c(c1)nc(C(C)(C)C)n2CC1CCC(F)CC1. The van der Waals surface area contributed by atoms with Crippen LogP contribution in [0.3, 0.4) is 0 Å². The van der Waals surface area contributed by atoms with Gasteiger partial charge in [-0.2, -0.15) is 0 Å². The molecule has 2 aliphatic rings. The Hall–Kier alpha value is -3.29. The van der Waals surface area contributed by atoms with Crippen molar-refractivity contribution in [2.45, 2.75) is 123 Å². The number of nitrogen functional groups attached to an aromatic ring is 1. The highest BCUT2D eigenvalue weighted by Gasteiger charge is 2.27. The van der Waals surface area contributed by atoms with Crippen molar-refractivity contribution in [2.75, 3.05) is 17.6 Å². The van der Waals surface area contributed by atoms with Crippen LogP contribution in [0.25, 0.3) is 11.0 Å². The molecular formula is C37H52F2N4O2. The molecule has 2 aromatic carbocycles. The van der Waals surface area contributed by atoms with E-state index in [1.807, 2.05) is 30.3 Å². The molecule has 0 spiro atoms. The number of hydrogen-bond donors (Lipinski definition) is 2. The minimum atomic E-state index is -0.619. The van der Waals surface area contributed by atoms with E-state index in [0.717, 1.165) is 72.4 Å². The van der Waals surface area contributed by atoms with Gasteiger partial charge in [0, 0.05) is 31.3 Å². The molecule has 246 valence electrons. The summed E-state index contributed by atoms with van der Waals surface area (Å²) >= 11 is 0. The number of halogens is 2. The first-order chi connectivity index (χ1) is 21.3. The standard InChI is InChI=1S/C21H29FN2O.C16H23FN2O/c1-14(25)11-16-7-10-19-18(12-16)23-20(21(2,3)4)24(19)13-15-5-8-17(22)9-6-15;1-11(20)8-13-4-7-16(15(18)9-13)19-10-12-2-5-14(17)6-3-12/h7,10,12,15,17H,5-6,8-9,11,13H2,1-4H3;4,7,9,12,14,19H,2-3,5-6,8,10,18H2,1H3. The highest BCUT2D eigenvalue weighted by atomic mass is 19.1. The van der Waals surface area contributed by atoms with Crippen LogP contribution in [0, 0.1) is 11.8 Å². The lowest BCUT2D eigenvalue weighted by Gasteiger charge is -2.27. The van der Waals surface area contributed by atoms with Crippen molar-refractivity contribution in [2.24, 2.45) is 11.8 Å². The molecule has 45 heavy (non-hydrogen) atoms. The maximum atomic E-state index is 13.5. The largest absolute Gasteiger partial charge is 0.397 e. The summed E-state index contributed by atoms with van der Waals surface area (Å²) in [7, 11) is 0. The van der Waals surface area contributed by atoms with Crippen LogP contribution in [0.1, 0.15) is 103 Å². The summed E-state index contributed by atoms with van der Waals surface area (Å²) in [6, 6.07) is 11.9. The van der Waals surface area contributed by atoms with Gasteiger partial charge in [0.05, 0.1) is 22.4 Å². The minimum Gasteiger partial charge on any atom is -0.397 e. The Labute approximate surface area is 267 Å². The average Bonchev–Trinajstić information content (AvgIpc) is 3.32. The van der Waals surface area contributed by atoms with Gasteiger partial charge in [0.15, 0.2) is 0 Å². The van der Waals surface area contributed by atoms with Crippen LogP contribution in [0.5, 0.6) is 0 Å². The molecule has 1 heterocycles. The first-order valence-electron chi connectivity index (χ1n) is 16.7. The summed E-state index contributed by atoms with van der Waals surface area (Å²) in [5.41, 5.74) is 11.6. The number of ketones is 2. The highest BCUT2D eigenvalue weighted by Crippen LogP contribution is 2.33. The number of alkyl halides is 2. The molecule has 2 aliphatic carbocycles. The number of anilines is 2. The Bertz CT molecular complexity index is 1440. The zero-order valence-corrected chi connectivity index (χ0v) is 27.8. The predicted molar refractivity (Wildman–Crippen MR) is 180 cm³/mol. The number of Topliss-reactive ketones (excluding diaryl/α,β-unsaturated/α-hetero) is 2. The fraction of sp³-hybridized carbons (Fsp3) is 0.595. The zero-order chi connectivity index (χ0) is 32.7. The fourth-order valence-electron chi connectivity index (χ4n) is 6.64. The quantitative estimate of drug-likeness (QED) is 0.234. The number of rotatable bonds is 9. The van der Waals surface area contributed by atoms with Crippen LogP contribution < -0.4 is 11.1 Å². The number of imidazole rings is 1. The molecule has 0 amide bonds. The molecule has 0 saturated heterocycles. The second kappa shape index (κ2) is 15.3. The number of nitrogens with zero attached hydrogens (tertiary/aromatic N) is 2. The number of nitrogens with two attached hydrogens (primary N) is 1. The number of aromatic nitrogens is 2. The predicted octanol–water partition coefficient (Wildman–Crippen LogP) is 8.33. The van der Waals surface area contributed by atoms with E-state index in [2.05, 4.69) is 36.7 Å². The van der Waals surface area contributed by atoms with Crippen LogP contribution >= 0.6 is 0 Å². The van der Waals surface area contributed by atoms with Crippen LogP contribution in [0.2, 0.25) is 0 Å². The van der Waals surface area contributed by atoms with Gasteiger partial charge >= 0.3 is 0 Å². The van der Waals surface area contributed by atoms with Gasteiger partial charge in [-0.05, 0) is 112 Å². The van der Waals surface area contributed by atoms with Gasteiger partial charge in [0.1, 0.15) is 29.7 Å². The summed E-state index contributed by atoms with van der Waals surface area (Å²) in [5.74, 6) is 2.41. The Balaban J connectivity index is 0.000000210. The van der Waals surface area contributed by atoms with Crippen molar-refractivity contribution >= 4 is 34.0 Å². The van der Waals surface area contributed by atoms with Crippen LogP contribution in [-0.4, -0.2) is 40.0 Å².